The fourth-order valence-electron chi connectivity index (χ4n) is 1.45. The van der Waals surface area contributed by atoms with Crippen LogP contribution in [0.5, 0.6) is 0 Å². The SMILES string of the molecule is CC(O)(CNC(=O)c1ccc(C(F)(F)F)cn1)CC(=O)O. The standard InChI is InChI=1S/C12H13F3N2O4/c1-11(21,4-9(18)19)6-17-10(20)8-3-2-7(5-16-8)12(13,14)15/h2-3,5,21H,4,6H2,1H3,(H,17,20)(H,18,19). The summed E-state index contributed by atoms with van der Waals surface area (Å²) in [5.74, 6) is -2.06. The zero-order valence-corrected chi connectivity index (χ0v) is 10.9. The topological polar surface area (TPSA) is 99.5 Å². The molecule has 1 aromatic heterocycles. The Morgan fingerprint density at radius 1 is 1.33 bits per heavy atom. The Morgan fingerprint density at radius 3 is 2.38 bits per heavy atom. The summed E-state index contributed by atoms with van der Waals surface area (Å²) in [6, 6.07) is 1.60. The number of carbonyl (C=O) groups excluding carboxylic acids is 1. The Kier molecular flexibility index (Phi) is 4.89. The fraction of sp³-hybridized carbons (Fsp3) is 0.417. The van der Waals surface area contributed by atoms with E-state index in [4.69, 9.17) is 5.11 Å². The Balaban J connectivity index is 2.66. The van der Waals surface area contributed by atoms with Crippen molar-refractivity contribution in [2.75, 3.05) is 6.54 Å². The highest BCUT2D eigenvalue weighted by Gasteiger charge is 2.31. The van der Waals surface area contributed by atoms with Crippen LogP contribution in [-0.2, 0) is 11.0 Å². The van der Waals surface area contributed by atoms with Crippen molar-refractivity contribution >= 4 is 11.9 Å². The lowest BCUT2D eigenvalue weighted by molar-refractivity contribution is -0.141. The van der Waals surface area contributed by atoms with E-state index in [1.807, 2.05) is 0 Å². The van der Waals surface area contributed by atoms with Crippen LogP contribution in [0.3, 0.4) is 0 Å². The molecule has 9 heteroatoms. The normalized spacial score (nSPS) is 14.3. The van der Waals surface area contributed by atoms with Crippen molar-refractivity contribution in [3.63, 3.8) is 0 Å². The lowest BCUT2D eigenvalue weighted by Gasteiger charge is -2.21. The van der Waals surface area contributed by atoms with E-state index in [0.29, 0.717) is 12.3 Å². The number of pyridine rings is 1. The third kappa shape index (κ3) is 5.38. The first-order chi connectivity index (χ1) is 9.51. The molecule has 0 saturated heterocycles. The Hall–Kier alpha value is -2.16. The van der Waals surface area contributed by atoms with Gasteiger partial charge in [-0.25, -0.2) is 0 Å². The number of aliphatic hydroxyl groups is 1. The van der Waals surface area contributed by atoms with Crippen LogP contribution in [0.15, 0.2) is 18.3 Å². The van der Waals surface area contributed by atoms with Crippen LogP contribution in [0.25, 0.3) is 0 Å². The second kappa shape index (κ2) is 6.08. The molecule has 0 aliphatic heterocycles. The Labute approximate surface area is 117 Å². The summed E-state index contributed by atoms with van der Waals surface area (Å²) in [5, 5.41) is 20.4. The molecule has 6 nitrogen and oxygen atoms in total. The molecule has 1 amide bonds. The number of carboxylic acid groups (broad SMARTS) is 1. The molecule has 1 unspecified atom stereocenters. The largest absolute Gasteiger partial charge is 0.481 e. The number of hydrogen-bond donors (Lipinski definition) is 3. The van der Waals surface area contributed by atoms with Gasteiger partial charge in [0.2, 0.25) is 0 Å². The van der Waals surface area contributed by atoms with Gasteiger partial charge in [-0.15, -0.1) is 0 Å². The van der Waals surface area contributed by atoms with Crippen LogP contribution in [0.2, 0.25) is 0 Å². The number of halogens is 3. The van der Waals surface area contributed by atoms with Gasteiger partial charge in [0.25, 0.3) is 5.91 Å². The number of nitrogens with zero attached hydrogens (tertiary/aromatic N) is 1. The smallest absolute Gasteiger partial charge is 0.417 e. The number of rotatable bonds is 5. The molecule has 1 aromatic rings. The summed E-state index contributed by atoms with van der Waals surface area (Å²) >= 11 is 0. The number of nitrogens with one attached hydrogen (secondary N) is 1. The minimum Gasteiger partial charge on any atom is -0.481 e. The van der Waals surface area contributed by atoms with Gasteiger partial charge in [0.05, 0.1) is 17.6 Å². The molecule has 0 aromatic carbocycles. The van der Waals surface area contributed by atoms with Crippen molar-refractivity contribution in [3.8, 4) is 0 Å². The van der Waals surface area contributed by atoms with Crippen LogP contribution < -0.4 is 5.32 Å². The zero-order chi connectivity index (χ0) is 16.3. The molecule has 3 N–H and O–H groups in total. The molecule has 1 atom stereocenters. The van der Waals surface area contributed by atoms with Gasteiger partial charge in [0.15, 0.2) is 0 Å². The number of hydrogen-bond acceptors (Lipinski definition) is 4. The lowest BCUT2D eigenvalue weighted by atomic mass is 10.0. The second-order valence-corrected chi connectivity index (χ2v) is 4.68. The van der Waals surface area contributed by atoms with Crippen LogP contribution in [-0.4, -0.2) is 39.2 Å². The summed E-state index contributed by atoms with van der Waals surface area (Å²) in [6.07, 6.45) is -4.62. The number of alkyl halides is 3. The minimum atomic E-state index is -4.55. The molecule has 0 radical (unpaired) electrons. The molecule has 116 valence electrons. The summed E-state index contributed by atoms with van der Waals surface area (Å²) in [4.78, 5) is 25.5. The first-order valence-electron chi connectivity index (χ1n) is 5.77. The van der Waals surface area contributed by atoms with Gasteiger partial charge in [-0.1, -0.05) is 0 Å². The van der Waals surface area contributed by atoms with E-state index in [2.05, 4.69) is 10.3 Å². The maximum Gasteiger partial charge on any atom is 0.417 e. The van der Waals surface area contributed by atoms with Gasteiger partial charge in [-0.2, -0.15) is 13.2 Å². The van der Waals surface area contributed by atoms with E-state index < -0.39 is 35.6 Å². The fourth-order valence-corrected chi connectivity index (χ4v) is 1.45. The highest BCUT2D eigenvalue weighted by Crippen LogP contribution is 2.28. The van der Waals surface area contributed by atoms with Crippen LogP contribution in [0.4, 0.5) is 13.2 Å². The van der Waals surface area contributed by atoms with E-state index in [1.165, 1.54) is 6.92 Å². The van der Waals surface area contributed by atoms with E-state index in [1.54, 1.807) is 0 Å². The molecular weight excluding hydrogens is 293 g/mol. The molecule has 0 bridgehead atoms. The van der Waals surface area contributed by atoms with Gasteiger partial charge in [-0.3, -0.25) is 14.6 Å². The zero-order valence-electron chi connectivity index (χ0n) is 10.9. The second-order valence-electron chi connectivity index (χ2n) is 4.68. The summed E-state index contributed by atoms with van der Waals surface area (Å²) < 4.78 is 37.0. The van der Waals surface area contributed by atoms with E-state index in [9.17, 15) is 27.9 Å². The van der Waals surface area contributed by atoms with E-state index in [0.717, 1.165) is 6.07 Å². The van der Waals surface area contributed by atoms with E-state index >= 15 is 0 Å². The molecule has 0 aliphatic carbocycles. The number of amides is 1. The Morgan fingerprint density at radius 2 is 1.95 bits per heavy atom. The van der Waals surface area contributed by atoms with Gasteiger partial charge >= 0.3 is 12.1 Å². The third-order valence-corrected chi connectivity index (χ3v) is 2.49. The molecule has 0 fully saturated rings. The quantitative estimate of drug-likeness (QED) is 0.755. The molecule has 0 aliphatic rings. The monoisotopic (exact) mass is 306 g/mol. The van der Waals surface area contributed by atoms with Crippen LogP contribution in [0.1, 0.15) is 29.4 Å². The van der Waals surface area contributed by atoms with Gasteiger partial charge < -0.3 is 15.5 Å². The van der Waals surface area contributed by atoms with Crippen LogP contribution in [0, 0.1) is 0 Å². The summed E-state index contributed by atoms with van der Waals surface area (Å²) in [5.41, 5.74) is -2.93. The van der Waals surface area contributed by atoms with Gasteiger partial charge in [0.1, 0.15) is 5.69 Å². The van der Waals surface area contributed by atoms with Crippen molar-refractivity contribution in [2.24, 2.45) is 0 Å². The predicted octanol–water partition coefficient (Wildman–Crippen LogP) is 1.06. The number of carboxylic acids is 1. The molecular formula is C12H13F3N2O4. The van der Waals surface area contributed by atoms with Crippen molar-refractivity contribution in [1.29, 1.82) is 0 Å². The van der Waals surface area contributed by atoms with Crippen molar-refractivity contribution in [3.05, 3.63) is 29.6 Å². The average Bonchev–Trinajstić information content (AvgIpc) is 2.33. The predicted molar refractivity (Wildman–Crippen MR) is 64.4 cm³/mol. The van der Waals surface area contributed by atoms with Gasteiger partial charge in [0, 0.05) is 12.7 Å². The number of aliphatic carboxylic acids is 1. The maximum atomic E-state index is 12.3. The Bertz CT molecular complexity index is 526. The van der Waals surface area contributed by atoms with Crippen LogP contribution >= 0.6 is 0 Å². The summed E-state index contributed by atoms with van der Waals surface area (Å²) in [7, 11) is 0. The average molecular weight is 306 g/mol. The molecule has 0 saturated carbocycles. The molecule has 21 heavy (non-hydrogen) atoms. The number of aromatic nitrogens is 1. The molecule has 1 heterocycles. The maximum absolute atomic E-state index is 12.3. The molecule has 1 rings (SSSR count). The van der Waals surface area contributed by atoms with Crippen molar-refractivity contribution in [1.82, 2.24) is 10.3 Å². The minimum absolute atomic E-state index is 0.269. The first kappa shape index (κ1) is 16.9. The first-order valence-corrected chi connectivity index (χ1v) is 5.77. The van der Waals surface area contributed by atoms with Crippen molar-refractivity contribution in [2.45, 2.75) is 25.1 Å². The van der Waals surface area contributed by atoms with E-state index in [-0.39, 0.29) is 12.2 Å². The lowest BCUT2D eigenvalue weighted by Crippen LogP contribution is -2.42. The third-order valence-electron chi connectivity index (χ3n) is 2.49. The van der Waals surface area contributed by atoms with Crippen molar-refractivity contribution < 1.29 is 33.0 Å². The number of carbonyl (C=O) groups is 2. The van der Waals surface area contributed by atoms with Gasteiger partial charge in [-0.05, 0) is 19.1 Å². The molecule has 0 spiro atoms. The summed E-state index contributed by atoms with van der Waals surface area (Å²) in [6.45, 7) is 0.836. The highest BCUT2D eigenvalue weighted by molar-refractivity contribution is 5.92. The highest BCUT2D eigenvalue weighted by atomic mass is 19.4.